The summed E-state index contributed by atoms with van der Waals surface area (Å²) in [6.45, 7) is 9.42. The molecule has 0 N–H and O–H groups in total. The summed E-state index contributed by atoms with van der Waals surface area (Å²) in [5.74, 6) is 0.327. The van der Waals surface area contributed by atoms with Crippen LogP contribution in [-0.2, 0) is 11.8 Å². The third-order valence-corrected chi connectivity index (χ3v) is 14.3. The van der Waals surface area contributed by atoms with Crippen molar-refractivity contribution < 1.29 is 0 Å². The molecule has 3 aliphatic carbocycles. The van der Waals surface area contributed by atoms with Crippen LogP contribution in [-0.4, -0.2) is 12.1 Å². The van der Waals surface area contributed by atoms with E-state index < -0.39 is 0 Å². The lowest BCUT2D eigenvalue weighted by atomic mass is 9.81. The number of aryl methyl sites for hydroxylation is 1. The van der Waals surface area contributed by atoms with Crippen molar-refractivity contribution in [2.75, 3.05) is 9.80 Å². The Morgan fingerprint density at radius 1 is 0.587 bits per heavy atom. The van der Waals surface area contributed by atoms with Crippen molar-refractivity contribution in [3.8, 4) is 11.1 Å². The predicted molar refractivity (Wildman–Crippen MR) is 271 cm³/mol. The van der Waals surface area contributed by atoms with E-state index in [4.69, 9.17) is 0 Å². The molecule has 2 aliphatic heterocycles. The van der Waals surface area contributed by atoms with E-state index in [9.17, 15) is 0 Å². The summed E-state index contributed by atoms with van der Waals surface area (Å²) in [6.07, 6.45) is 30.7. The van der Waals surface area contributed by atoms with Crippen molar-refractivity contribution in [1.82, 2.24) is 0 Å². The van der Waals surface area contributed by atoms with E-state index in [0.29, 0.717) is 12.0 Å². The van der Waals surface area contributed by atoms with Gasteiger partial charge in [0, 0.05) is 40.1 Å². The average Bonchev–Trinajstić information content (AvgIpc) is 3.59. The molecule has 0 saturated carbocycles. The molecule has 6 aromatic carbocycles. The van der Waals surface area contributed by atoms with E-state index in [1.165, 1.54) is 95.1 Å². The van der Waals surface area contributed by atoms with E-state index in [0.717, 1.165) is 19.3 Å². The monoisotopic (exact) mass is 814 g/mol. The second-order valence-corrected chi connectivity index (χ2v) is 18.4. The van der Waals surface area contributed by atoms with Gasteiger partial charge in [0.05, 0.1) is 6.04 Å². The SMILES string of the molecule is CCc1cc(C=Cc2ccc3c(c2)C(C)(C)c2cc(N4c5ccccc5C=CC5C=CC=CCC54)ccc2-3)ccc1C1=C(C)CC(N2c3ccccc3C=Cc3ccccc32)C=C1. The Morgan fingerprint density at radius 2 is 1.19 bits per heavy atom. The number of rotatable bonds is 6. The van der Waals surface area contributed by atoms with Crippen molar-refractivity contribution >= 4 is 58.7 Å². The van der Waals surface area contributed by atoms with Crippen LogP contribution < -0.4 is 9.80 Å². The molecule has 0 fully saturated rings. The van der Waals surface area contributed by atoms with Gasteiger partial charge in [0.25, 0.3) is 0 Å². The minimum absolute atomic E-state index is 0.136. The molecule has 0 aromatic heterocycles. The van der Waals surface area contributed by atoms with Crippen molar-refractivity contribution in [1.29, 1.82) is 0 Å². The van der Waals surface area contributed by atoms with Crippen molar-refractivity contribution in [2.45, 2.75) is 64.5 Å². The Hall–Kier alpha value is -6.90. The van der Waals surface area contributed by atoms with Gasteiger partial charge >= 0.3 is 0 Å². The van der Waals surface area contributed by atoms with Crippen LogP contribution in [0.3, 0.4) is 0 Å². The van der Waals surface area contributed by atoms with Crippen LogP contribution in [0.5, 0.6) is 0 Å². The van der Waals surface area contributed by atoms with Crippen LogP contribution in [0.15, 0.2) is 175 Å². The van der Waals surface area contributed by atoms with Gasteiger partial charge in [0.2, 0.25) is 0 Å². The highest BCUT2D eigenvalue weighted by atomic mass is 15.2. The Morgan fingerprint density at radius 3 is 1.87 bits per heavy atom. The van der Waals surface area contributed by atoms with Gasteiger partial charge in [-0.3, -0.25) is 0 Å². The standard InChI is InChI=1S/C61H54N2/c1-5-44-38-42(25-33-52(44)51-35-31-49(37-41(51)2)62-58-20-12-9-16-46(58)29-30-47-17-10-13-21-59(47)62)23-24-43-26-34-53-54-36-32-50(40-56(54)61(3,4)55(53)39-43)63-57-19-8-6-7-15-45(57)27-28-48-18-11-14-22-60(48)63/h6-18,20-36,38-40,45,49,57H,5,19,37H2,1-4H3. The maximum Gasteiger partial charge on any atom is 0.0563 e. The maximum atomic E-state index is 2.61. The minimum atomic E-state index is -0.136. The van der Waals surface area contributed by atoms with Crippen LogP contribution in [0.25, 0.3) is 47.1 Å². The number of hydrogen-bond donors (Lipinski definition) is 0. The lowest BCUT2D eigenvalue weighted by molar-refractivity contribution is 0.580. The normalized spacial score (nSPS) is 20.1. The first kappa shape index (κ1) is 39.0. The Kier molecular flexibility index (Phi) is 9.76. The zero-order valence-electron chi connectivity index (χ0n) is 36.8. The number of hydrogen-bond acceptors (Lipinski definition) is 2. The molecule has 11 rings (SSSR count). The number of nitrogens with zero attached hydrogens (tertiary/aromatic N) is 2. The fourth-order valence-electron chi connectivity index (χ4n) is 11.0. The molecule has 3 unspecified atom stereocenters. The third kappa shape index (κ3) is 6.80. The van der Waals surface area contributed by atoms with Crippen LogP contribution in [0.2, 0.25) is 0 Å². The zero-order chi connectivity index (χ0) is 42.7. The molecule has 308 valence electrons. The number of allylic oxidation sites excluding steroid dienone is 4. The summed E-state index contributed by atoms with van der Waals surface area (Å²) < 4.78 is 0. The van der Waals surface area contributed by atoms with Gasteiger partial charge < -0.3 is 9.80 Å². The van der Waals surface area contributed by atoms with Crippen LogP contribution in [0, 0.1) is 5.92 Å². The van der Waals surface area contributed by atoms with E-state index in [-0.39, 0.29) is 11.5 Å². The Labute approximate surface area is 374 Å². The van der Waals surface area contributed by atoms with Crippen molar-refractivity contribution in [2.24, 2.45) is 5.92 Å². The number of para-hydroxylation sites is 3. The first-order chi connectivity index (χ1) is 30.9. The summed E-state index contributed by atoms with van der Waals surface area (Å²) >= 11 is 0. The molecule has 0 spiro atoms. The molecular weight excluding hydrogens is 761 g/mol. The molecule has 63 heavy (non-hydrogen) atoms. The molecule has 0 bridgehead atoms. The van der Waals surface area contributed by atoms with Gasteiger partial charge in [-0.15, -0.1) is 0 Å². The van der Waals surface area contributed by atoms with Crippen molar-refractivity contribution in [3.63, 3.8) is 0 Å². The largest absolute Gasteiger partial charge is 0.337 e. The smallest absolute Gasteiger partial charge is 0.0563 e. The number of fused-ring (bicyclic) bond motifs is 7. The van der Waals surface area contributed by atoms with E-state index in [1.807, 2.05) is 0 Å². The molecule has 2 heterocycles. The fraction of sp³-hybridized carbons (Fsp3) is 0.180. The lowest BCUT2D eigenvalue weighted by Crippen LogP contribution is -2.35. The summed E-state index contributed by atoms with van der Waals surface area (Å²) in [6, 6.07) is 48.3. The second kappa shape index (κ2) is 15.8. The highest BCUT2D eigenvalue weighted by Crippen LogP contribution is 2.51. The molecule has 2 heteroatoms. The van der Waals surface area contributed by atoms with Gasteiger partial charge in [-0.1, -0.05) is 196 Å². The van der Waals surface area contributed by atoms with Crippen molar-refractivity contribution in [3.05, 3.63) is 226 Å². The Balaban J connectivity index is 0.852. The Bertz CT molecular complexity index is 2960. The van der Waals surface area contributed by atoms with E-state index >= 15 is 0 Å². The van der Waals surface area contributed by atoms with E-state index in [2.05, 4.69) is 238 Å². The van der Waals surface area contributed by atoms with Gasteiger partial charge in [-0.05, 0) is 123 Å². The van der Waals surface area contributed by atoms with Gasteiger partial charge in [0.15, 0.2) is 0 Å². The first-order valence-corrected chi connectivity index (χ1v) is 22.9. The summed E-state index contributed by atoms with van der Waals surface area (Å²) in [5, 5.41) is 0. The molecule has 0 saturated heterocycles. The van der Waals surface area contributed by atoms with Crippen LogP contribution >= 0.6 is 0 Å². The highest BCUT2D eigenvalue weighted by molar-refractivity contribution is 5.91. The second-order valence-electron chi connectivity index (χ2n) is 18.4. The number of anilines is 4. The summed E-state index contributed by atoms with van der Waals surface area (Å²) in [4.78, 5) is 5.15. The summed E-state index contributed by atoms with van der Waals surface area (Å²) in [7, 11) is 0. The lowest BCUT2D eigenvalue weighted by Gasteiger charge is -2.36. The van der Waals surface area contributed by atoms with Gasteiger partial charge in [-0.2, -0.15) is 0 Å². The van der Waals surface area contributed by atoms with E-state index in [1.54, 1.807) is 0 Å². The molecule has 6 aromatic rings. The average molecular weight is 815 g/mol. The van der Waals surface area contributed by atoms with Crippen LogP contribution in [0.1, 0.15) is 90.6 Å². The maximum absolute atomic E-state index is 2.61. The minimum Gasteiger partial charge on any atom is -0.337 e. The third-order valence-electron chi connectivity index (χ3n) is 14.3. The zero-order valence-corrected chi connectivity index (χ0v) is 36.8. The molecule has 3 atom stereocenters. The van der Waals surface area contributed by atoms with Gasteiger partial charge in [0.1, 0.15) is 0 Å². The van der Waals surface area contributed by atoms with Crippen LogP contribution in [0.4, 0.5) is 22.7 Å². The summed E-state index contributed by atoms with van der Waals surface area (Å²) in [5.41, 5.74) is 22.2. The number of benzene rings is 6. The predicted octanol–water partition coefficient (Wildman–Crippen LogP) is 15.8. The molecular formula is C61H54N2. The molecule has 0 radical (unpaired) electrons. The van der Waals surface area contributed by atoms with Gasteiger partial charge in [-0.25, -0.2) is 0 Å². The fourth-order valence-corrected chi connectivity index (χ4v) is 11.0. The highest BCUT2D eigenvalue weighted by Gasteiger charge is 2.37. The molecule has 2 nitrogen and oxygen atoms in total. The molecule has 5 aliphatic rings. The molecule has 0 amide bonds. The first-order valence-electron chi connectivity index (χ1n) is 22.9. The topological polar surface area (TPSA) is 6.48 Å². The quantitative estimate of drug-likeness (QED) is 0.155.